The summed E-state index contributed by atoms with van der Waals surface area (Å²) in [5.74, 6) is 0. The standard InChI is InChI=1S/C11H19N3/c1-4-14(9(2)3)11-6-5-7-13-10(11)8-12/h5-7,9H,4,8,12H2,1-3H3. The molecule has 0 radical (unpaired) electrons. The Morgan fingerprint density at radius 1 is 1.50 bits per heavy atom. The van der Waals surface area contributed by atoms with E-state index in [1.54, 1.807) is 6.20 Å². The minimum Gasteiger partial charge on any atom is -0.368 e. The summed E-state index contributed by atoms with van der Waals surface area (Å²) in [5, 5.41) is 0. The molecule has 0 unspecified atom stereocenters. The lowest BCUT2D eigenvalue weighted by atomic mass is 10.2. The number of rotatable bonds is 4. The van der Waals surface area contributed by atoms with Crippen molar-refractivity contribution in [3.63, 3.8) is 0 Å². The average molecular weight is 193 g/mol. The molecule has 0 saturated carbocycles. The number of nitrogens with zero attached hydrogens (tertiary/aromatic N) is 2. The molecule has 0 amide bonds. The Kier molecular flexibility index (Phi) is 3.89. The summed E-state index contributed by atoms with van der Waals surface area (Å²) in [6, 6.07) is 4.52. The summed E-state index contributed by atoms with van der Waals surface area (Å²) in [7, 11) is 0. The molecule has 3 nitrogen and oxygen atoms in total. The maximum absolute atomic E-state index is 5.65. The molecule has 1 rings (SSSR count). The lowest BCUT2D eigenvalue weighted by Crippen LogP contribution is -2.31. The number of pyridine rings is 1. The molecule has 14 heavy (non-hydrogen) atoms. The van der Waals surface area contributed by atoms with Gasteiger partial charge in [-0.05, 0) is 32.9 Å². The number of nitrogens with two attached hydrogens (primary N) is 1. The maximum Gasteiger partial charge on any atom is 0.0772 e. The van der Waals surface area contributed by atoms with Gasteiger partial charge in [0.25, 0.3) is 0 Å². The molecule has 0 spiro atoms. The summed E-state index contributed by atoms with van der Waals surface area (Å²) in [6.45, 7) is 7.98. The van der Waals surface area contributed by atoms with E-state index in [-0.39, 0.29) is 0 Å². The highest BCUT2D eigenvalue weighted by Gasteiger charge is 2.11. The van der Waals surface area contributed by atoms with E-state index >= 15 is 0 Å². The smallest absolute Gasteiger partial charge is 0.0772 e. The van der Waals surface area contributed by atoms with Crippen LogP contribution in [0.25, 0.3) is 0 Å². The molecule has 0 saturated heterocycles. The Bertz CT molecular complexity index is 284. The SMILES string of the molecule is CCN(c1cccnc1CN)C(C)C. The van der Waals surface area contributed by atoms with Crippen LogP contribution in [0.1, 0.15) is 26.5 Å². The number of aromatic nitrogens is 1. The van der Waals surface area contributed by atoms with Gasteiger partial charge in [-0.1, -0.05) is 0 Å². The molecule has 78 valence electrons. The predicted octanol–water partition coefficient (Wildman–Crippen LogP) is 1.77. The van der Waals surface area contributed by atoms with Crippen LogP contribution in [0, 0.1) is 0 Å². The van der Waals surface area contributed by atoms with Crippen LogP contribution < -0.4 is 10.6 Å². The Morgan fingerprint density at radius 2 is 2.21 bits per heavy atom. The van der Waals surface area contributed by atoms with E-state index in [0.29, 0.717) is 12.6 Å². The molecular weight excluding hydrogens is 174 g/mol. The van der Waals surface area contributed by atoms with E-state index in [4.69, 9.17) is 5.73 Å². The minimum absolute atomic E-state index is 0.481. The topological polar surface area (TPSA) is 42.2 Å². The summed E-state index contributed by atoms with van der Waals surface area (Å²) >= 11 is 0. The first-order chi connectivity index (χ1) is 6.70. The average Bonchev–Trinajstić information content (AvgIpc) is 2.19. The van der Waals surface area contributed by atoms with Crippen molar-refractivity contribution in [3.8, 4) is 0 Å². The summed E-state index contributed by atoms with van der Waals surface area (Å²) in [6.07, 6.45) is 1.79. The van der Waals surface area contributed by atoms with Crippen molar-refractivity contribution in [1.29, 1.82) is 0 Å². The van der Waals surface area contributed by atoms with Gasteiger partial charge >= 0.3 is 0 Å². The summed E-state index contributed by atoms with van der Waals surface area (Å²) in [4.78, 5) is 6.58. The third-order valence-electron chi connectivity index (χ3n) is 2.33. The second-order valence-corrected chi connectivity index (χ2v) is 3.55. The molecule has 0 aliphatic heterocycles. The molecule has 0 aliphatic carbocycles. The van der Waals surface area contributed by atoms with Crippen LogP contribution in [0.3, 0.4) is 0 Å². The molecule has 0 atom stereocenters. The lowest BCUT2D eigenvalue weighted by molar-refractivity contribution is 0.696. The van der Waals surface area contributed by atoms with Gasteiger partial charge in [-0.3, -0.25) is 4.98 Å². The Hall–Kier alpha value is -1.09. The van der Waals surface area contributed by atoms with Gasteiger partial charge in [0.2, 0.25) is 0 Å². The van der Waals surface area contributed by atoms with E-state index in [9.17, 15) is 0 Å². The molecule has 0 bridgehead atoms. The van der Waals surface area contributed by atoms with Gasteiger partial charge in [-0.25, -0.2) is 0 Å². The normalized spacial score (nSPS) is 10.6. The van der Waals surface area contributed by atoms with Gasteiger partial charge in [-0.15, -0.1) is 0 Å². The zero-order valence-electron chi connectivity index (χ0n) is 9.20. The highest BCUT2D eigenvalue weighted by Crippen LogP contribution is 2.19. The first-order valence-corrected chi connectivity index (χ1v) is 5.11. The van der Waals surface area contributed by atoms with Crippen LogP contribution in [0.15, 0.2) is 18.3 Å². The maximum atomic E-state index is 5.65. The number of anilines is 1. The van der Waals surface area contributed by atoms with Gasteiger partial charge in [0, 0.05) is 25.3 Å². The van der Waals surface area contributed by atoms with Crippen molar-refractivity contribution in [2.75, 3.05) is 11.4 Å². The van der Waals surface area contributed by atoms with Crippen molar-refractivity contribution in [3.05, 3.63) is 24.0 Å². The van der Waals surface area contributed by atoms with E-state index in [1.165, 1.54) is 0 Å². The number of hydrogen-bond donors (Lipinski definition) is 1. The van der Waals surface area contributed by atoms with E-state index in [1.807, 2.05) is 6.07 Å². The highest BCUT2D eigenvalue weighted by atomic mass is 15.2. The van der Waals surface area contributed by atoms with E-state index < -0.39 is 0 Å². The lowest BCUT2D eigenvalue weighted by Gasteiger charge is -2.28. The van der Waals surface area contributed by atoms with Gasteiger partial charge < -0.3 is 10.6 Å². The van der Waals surface area contributed by atoms with Crippen molar-refractivity contribution in [1.82, 2.24) is 4.98 Å². The third kappa shape index (κ3) is 2.23. The van der Waals surface area contributed by atoms with Gasteiger partial charge in [0.1, 0.15) is 0 Å². The monoisotopic (exact) mass is 193 g/mol. The van der Waals surface area contributed by atoms with Crippen LogP contribution in [0.4, 0.5) is 5.69 Å². The molecule has 1 aromatic heterocycles. The zero-order chi connectivity index (χ0) is 10.6. The quantitative estimate of drug-likeness (QED) is 0.792. The first kappa shape index (κ1) is 11.0. The Labute approximate surface area is 85.9 Å². The fraction of sp³-hybridized carbons (Fsp3) is 0.545. The predicted molar refractivity (Wildman–Crippen MR) is 60.3 cm³/mol. The summed E-state index contributed by atoms with van der Waals surface area (Å²) in [5.41, 5.74) is 7.79. The molecule has 2 N–H and O–H groups in total. The molecule has 0 fully saturated rings. The van der Waals surface area contributed by atoms with Crippen molar-refractivity contribution < 1.29 is 0 Å². The molecule has 0 aromatic carbocycles. The minimum atomic E-state index is 0.481. The second kappa shape index (κ2) is 4.96. The van der Waals surface area contributed by atoms with Crippen molar-refractivity contribution in [2.24, 2.45) is 5.73 Å². The van der Waals surface area contributed by atoms with Gasteiger partial charge in [0.15, 0.2) is 0 Å². The molecule has 1 aromatic rings. The van der Waals surface area contributed by atoms with Crippen LogP contribution >= 0.6 is 0 Å². The largest absolute Gasteiger partial charge is 0.368 e. The van der Waals surface area contributed by atoms with Crippen LogP contribution in [-0.4, -0.2) is 17.6 Å². The molecular formula is C11H19N3. The zero-order valence-corrected chi connectivity index (χ0v) is 9.20. The number of hydrogen-bond acceptors (Lipinski definition) is 3. The Balaban J connectivity index is 3.02. The molecule has 3 heteroatoms. The first-order valence-electron chi connectivity index (χ1n) is 5.11. The van der Waals surface area contributed by atoms with Crippen LogP contribution in [0.2, 0.25) is 0 Å². The Morgan fingerprint density at radius 3 is 2.71 bits per heavy atom. The van der Waals surface area contributed by atoms with Gasteiger partial charge in [0.05, 0.1) is 11.4 Å². The van der Waals surface area contributed by atoms with Crippen LogP contribution in [-0.2, 0) is 6.54 Å². The molecule has 0 aliphatic rings. The highest BCUT2D eigenvalue weighted by molar-refractivity contribution is 5.50. The summed E-state index contributed by atoms with van der Waals surface area (Å²) < 4.78 is 0. The second-order valence-electron chi connectivity index (χ2n) is 3.55. The molecule has 1 heterocycles. The third-order valence-corrected chi connectivity index (χ3v) is 2.33. The fourth-order valence-corrected chi connectivity index (χ4v) is 1.66. The fourth-order valence-electron chi connectivity index (χ4n) is 1.66. The van der Waals surface area contributed by atoms with E-state index in [2.05, 4.69) is 36.7 Å². The van der Waals surface area contributed by atoms with E-state index in [0.717, 1.165) is 17.9 Å². The van der Waals surface area contributed by atoms with Crippen LogP contribution in [0.5, 0.6) is 0 Å². The van der Waals surface area contributed by atoms with Crippen molar-refractivity contribution >= 4 is 5.69 Å². The van der Waals surface area contributed by atoms with Crippen molar-refractivity contribution in [2.45, 2.75) is 33.4 Å². The van der Waals surface area contributed by atoms with Gasteiger partial charge in [-0.2, -0.15) is 0 Å².